The first-order valence-corrected chi connectivity index (χ1v) is 4.33. The molecule has 0 fully saturated rings. The van der Waals surface area contributed by atoms with Crippen LogP contribution >= 0.6 is 0 Å². The zero-order chi connectivity index (χ0) is 11.7. The molecule has 0 spiro atoms. The normalized spacial score (nSPS) is 10.2. The summed E-state index contributed by atoms with van der Waals surface area (Å²) in [6.07, 6.45) is 0. The lowest BCUT2D eigenvalue weighted by molar-refractivity contribution is 0.476. The van der Waals surface area contributed by atoms with Crippen LogP contribution in [-0.2, 0) is 0 Å². The van der Waals surface area contributed by atoms with Gasteiger partial charge in [0, 0.05) is 5.39 Å². The van der Waals surface area contributed by atoms with Crippen molar-refractivity contribution in [2.45, 2.75) is 0 Å². The maximum absolute atomic E-state index is 10.5. The Morgan fingerprint density at radius 1 is 0.875 bits per heavy atom. The van der Waals surface area contributed by atoms with Crippen molar-refractivity contribution in [3.05, 3.63) is 34.1 Å². The smallest absolute Gasteiger partial charge is 0.155 e. The van der Waals surface area contributed by atoms with Crippen LogP contribution in [0.5, 0.6) is 11.5 Å². The summed E-state index contributed by atoms with van der Waals surface area (Å²) in [6.45, 7) is 0. The molecule has 2 aromatic carbocycles. The van der Waals surface area contributed by atoms with Gasteiger partial charge in [-0.2, -0.15) is 0 Å². The fourth-order valence-electron chi connectivity index (χ4n) is 1.53. The summed E-state index contributed by atoms with van der Waals surface area (Å²) in [7, 11) is 0. The van der Waals surface area contributed by atoms with Crippen molar-refractivity contribution >= 4 is 22.1 Å². The first-order chi connectivity index (χ1) is 7.69. The van der Waals surface area contributed by atoms with Gasteiger partial charge in [-0.1, -0.05) is 0 Å². The molecule has 0 aromatic heterocycles. The highest BCUT2D eigenvalue weighted by atomic mass is 16.3. The van der Waals surface area contributed by atoms with Crippen LogP contribution in [-0.4, -0.2) is 10.2 Å². The molecule has 0 aliphatic rings. The largest absolute Gasteiger partial charge is 0.507 e. The van der Waals surface area contributed by atoms with Crippen molar-refractivity contribution in [3.63, 3.8) is 0 Å². The highest BCUT2D eigenvalue weighted by molar-refractivity contribution is 6.03. The van der Waals surface area contributed by atoms with Gasteiger partial charge in [0.25, 0.3) is 0 Å². The van der Waals surface area contributed by atoms with Gasteiger partial charge < -0.3 is 10.2 Å². The molecule has 0 saturated heterocycles. The molecule has 0 amide bonds. The number of fused-ring (bicyclic) bond motifs is 1. The Kier molecular flexibility index (Phi) is 2.24. The van der Waals surface area contributed by atoms with Crippen molar-refractivity contribution in [1.29, 1.82) is 0 Å². The second kappa shape index (κ2) is 3.58. The van der Waals surface area contributed by atoms with E-state index < -0.39 is 5.75 Å². The minimum absolute atomic E-state index is 0.0205. The Morgan fingerprint density at radius 2 is 1.50 bits per heavy atom. The maximum Gasteiger partial charge on any atom is 0.155 e. The second-order valence-corrected chi connectivity index (χ2v) is 3.14. The Bertz CT molecular complexity index is 595. The van der Waals surface area contributed by atoms with Gasteiger partial charge in [-0.15, -0.1) is 9.81 Å². The number of phenolic OH excluding ortho intramolecular Hbond substituents is 2. The van der Waals surface area contributed by atoms with Gasteiger partial charge in [-0.25, -0.2) is 0 Å². The number of nitroso groups, excluding NO2 is 2. The third kappa shape index (κ3) is 1.28. The van der Waals surface area contributed by atoms with Crippen LogP contribution in [0.4, 0.5) is 11.4 Å². The molecule has 2 rings (SSSR count). The highest BCUT2D eigenvalue weighted by Gasteiger charge is 2.14. The summed E-state index contributed by atoms with van der Waals surface area (Å²) >= 11 is 0. The zero-order valence-corrected chi connectivity index (χ0v) is 7.91. The van der Waals surface area contributed by atoms with E-state index in [-0.39, 0.29) is 27.9 Å². The van der Waals surface area contributed by atoms with Gasteiger partial charge in [-0.05, 0) is 34.6 Å². The third-order valence-electron chi connectivity index (χ3n) is 2.28. The molecule has 80 valence electrons. The number of aromatic hydroxyl groups is 2. The monoisotopic (exact) mass is 218 g/mol. The molecule has 0 unspecified atom stereocenters. The molecular formula is C10H6N2O4. The maximum atomic E-state index is 10.5. The van der Waals surface area contributed by atoms with Crippen molar-refractivity contribution in [1.82, 2.24) is 0 Å². The Hall–Kier alpha value is -2.50. The highest BCUT2D eigenvalue weighted by Crippen LogP contribution is 2.43. The fraction of sp³-hybridized carbons (Fsp3) is 0. The van der Waals surface area contributed by atoms with Crippen LogP contribution in [0.3, 0.4) is 0 Å². The molecule has 0 aliphatic heterocycles. The van der Waals surface area contributed by atoms with Gasteiger partial charge in [0.1, 0.15) is 17.1 Å². The molecule has 0 bridgehead atoms. The lowest BCUT2D eigenvalue weighted by atomic mass is 10.1. The van der Waals surface area contributed by atoms with Gasteiger partial charge in [-0.3, -0.25) is 0 Å². The van der Waals surface area contributed by atoms with Crippen molar-refractivity contribution in [2.75, 3.05) is 0 Å². The molecule has 6 nitrogen and oxygen atoms in total. The Labute approximate surface area is 89.1 Å². The van der Waals surface area contributed by atoms with Gasteiger partial charge >= 0.3 is 0 Å². The van der Waals surface area contributed by atoms with Crippen molar-refractivity contribution in [2.24, 2.45) is 10.4 Å². The fourth-order valence-corrected chi connectivity index (χ4v) is 1.53. The quantitative estimate of drug-likeness (QED) is 0.756. The standard InChI is InChI=1S/C10H6N2O4/c13-8-4-3-6(11-15)9-5(8)1-2-7(12-16)10(9)14/h1-4,13-14H. The zero-order valence-electron chi connectivity index (χ0n) is 7.91. The lowest BCUT2D eigenvalue weighted by Crippen LogP contribution is -1.78. The number of hydrogen-bond donors (Lipinski definition) is 2. The summed E-state index contributed by atoms with van der Waals surface area (Å²) in [4.78, 5) is 20.9. The van der Waals surface area contributed by atoms with Crippen molar-refractivity contribution in [3.8, 4) is 11.5 Å². The molecule has 0 saturated carbocycles. The summed E-state index contributed by atoms with van der Waals surface area (Å²) < 4.78 is 0. The van der Waals surface area contributed by atoms with E-state index in [0.29, 0.717) is 0 Å². The molecule has 0 radical (unpaired) electrons. The predicted molar refractivity (Wildman–Crippen MR) is 58.2 cm³/mol. The molecule has 0 atom stereocenters. The molecule has 2 N–H and O–H groups in total. The van der Waals surface area contributed by atoms with Gasteiger partial charge in [0.2, 0.25) is 0 Å². The Morgan fingerprint density at radius 3 is 2.12 bits per heavy atom. The topological polar surface area (TPSA) is 99.3 Å². The molecule has 0 aliphatic carbocycles. The van der Waals surface area contributed by atoms with E-state index in [0.717, 1.165) is 0 Å². The number of hydrogen-bond acceptors (Lipinski definition) is 6. The molecule has 6 heteroatoms. The van der Waals surface area contributed by atoms with E-state index >= 15 is 0 Å². The van der Waals surface area contributed by atoms with E-state index in [9.17, 15) is 20.0 Å². The number of nitrogens with zero attached hydrogens (tertiary/aromatic N) is 2. The van der Waals surface area contributed by atoms with E-state index in [1.54, 1.807) is 0 Å². The van der Waals surface area contributed by atoms with E-state index in [1.165, 1.54) is 24.3 Å². The number of benzene rings is 2. The first kappa shape index (κ1) is 10.0. The minimum Gasteiger partial charge on any atom is -0.507 e. The Balaban J connectivity index is 2.99. The number of phenols is 2. The third-order valence-corrected chi connectivity index (χ3v) is 2.28. The summed E-state index contributed by atoms with van der Waals surface area (Å²) in [5.41, 5.74) is -0.265. The van der Waals surface area contributed by atoms with Crippen LogP contribution in [0.1, 0.15) is 0 Å². The van der Waals surface area contributed by atoms with E-state index in [1.807, 2.05) is 0 Å². The number of rotatable bonds is 2. The van der Waals surface area contributed by atoms with E-state index in [4.69, 9.17) is 0 Å². The summed E-state index contributed by atoms with van der Waals surface area (Å²) in [6, 6.07) is 5.17. The average molecular weight is 218 g/mol. The van der Waals surface area contributed by atoms with Crippen LogP contribution in [0, 0.1) is 9.81 Å². The molecule has 16 heavy (non-hydrogen) atoms. The lowest BCUT2D eigenvalue weighted by Gasteiger charge is -2.05. The summed E-state index contributed by atoms with van der Waals surface area (Å²) in [5, 5.41) is 24.8. The molecule has 0 heterocycles. The van der Waals surface area contributed by atoms with Crippen LogP contribution in [0.25, 0.3) is 10.8 Å². The predicted octanol–water partition coefficient (Wildman–Crippen LogP) is 3.05. The minimum atomic E-state index is -0.460. The first-order valence-electron chi connectivity index (χ1n) is 4.33. The van der Waals surface area contributed by atoms with E-state index in [2.05, 4.69) is 10.4 Å². The van der Waals surface area contributed by atoms with Crippen LogP contribution in [0.2, 0.25) is 0 Å². The summed E-state index contributed by atoms with van der Waals surface area (Å²) in [5.74, 6) is -0.576. The van der Waals surface area contributed by atoms with Crippen LogP contribution in [0.15, 0.2) is 34.6 Å². The average Bonchev–Trinajstić information content (AvgIpc) is 2.31. The molecular weight excluding hydrogens is 212 g/mol. The van der Waals surface area contributed by atoms with Gasteiger partial charge in [0.05, 0.1) is 5.39 Å². The van der Waals surface area contributed by atoms with Crippen LogP contribution < -0.4 is 0 Å². The molecule has 2 aromatic rings. The van der Waals surface area contributed by atoms with Gasteiger partial charge in [0.15, 0.2) is 5.75 Å². The SMILES string of the molecule is O=Nc1ccc2c(O)ccc(N=O)c2c1O. The van der Waals surface area contributed by atoms with Crippen molar-refractivity contribution < 1.29 is 10.2 Å². The second-order valence-electron chi connectivity index (χ2n) is 3.14.